The van der Waals surface area contributed by atoms with Crippen LogP contribution >= 0.6 is 11.3 Å². The largest absolute Gasteiger partial charge is 0.367 e. The predicted octanol–water partition coefficient (Wildman–Crippen LogP) is 4.45. The number of hydrogen-bond acceptors (Lipinski definition) is 5. The number of pyridine rings is 1. The standard InChI is InChI=1S/C18H20N4S/c1-3-11(2)20-17-15-13-7-4-8-14(13)23-18(15)22-16(21-17)12-6-5-9-19-10-12/h5-6,9-11H,3-4,7-8H2,1-2H3,(H,20,21,22). The first kappa shape index (κ1) is 14.6. The van der Waals surface area contributed by atoms with E-state index in [1.807, 2.05) is 29.7 Å². The molecule has 5 heteroatoms. The highest BCUT2D eigenvalue weighted by atomic mass is 32.1. The molecule has 1 unspecified atom stereocenters. The summed E-state index contributed by atoms with van der Waals surface area (Å²) in [5.74, 6) is 1.75. The van der Waals surface area contributed by atoms with Gasteiger partial charge in [0.1, 0.15) is 10.6 Å². The molecule has 4 rings (SSSR count). The average Bonchev–Trinajstić information content (AvgIpc) is 3.15. The Hall–Kier alpha value is -2.01. The topological polar surface area (TPSA) is 50.7 Å². The van der Waals surface area contributed by atoms with E-state index in [1.165, 1.54) is 28.7 Å². The molecule has 3 heterocycles. The summed E-state index contributed by atoms with van der Waals surface area (Å²) in [5, 5.41) is 4.84. The molecule has 0 radical (unpaired) electrons. The molecule has 0 fully saturated rings. The first-order valence-electron chi connectivity index (χ1n) is 8.25. The second-order valence-corrected chi connectivity index (χ2v) is 7.21. The highest BCUT2D eigenvalue weighted by molar-refractivity contribution is 7.19. The predicted molar refractivity (Wildman–Crippen MR) is 96.0 cm³/mol. The normalized spacial score (nSPS) is 14.9. The third-order valence-corrected chi connectivity index (χ3v) is 5.67. The zero-order valence-electron chi connectivity index (χ0n) is 13.5. The number of nitrogens with zero attached hydrogens (tertiary/aromatic N) is 3. The molecular weight excluding hydrogens is 304 g/mol. The lowest BCUT2D eigenvalue weighted by Gasteiger charge is -2.14. The van der Waals surface area contributed by atoms with E-state index in [1.54, 1.807) is 6.20 Å². The molecule has 1 atom stereocenters. The second kappa shape index (κ2) is 5.89. The summed E-state index contributed by atoms with van der Waals surface area (Å²) in [6.45, 7) is 4.39. The molecule has 118 valence electrons. The van der Waals surface area contributed by atoms with Crippen molar-refractivity contribution < 1.29 is 0 Å². The van der Waals surface area contributed by atoms with Gasteiger partial charge in [0.15, 0.2) is 5.82 Å². The van der Waals surface area contributed by atoms with Gasteiger partial charge in [-0.05, 0) is 50.3 Å². The van der Waals surface area contributed by atoms with Crippen molar-refractivity contribution in [2.24, 2.45) is 0 Å². The third kappa shape index (κ3) is 2.59. The average molecular weight is 324 g/mol. The molecule has 0 amide bonds. The molecule has 0 bridgehead atoms. The molecule has 0 saturated carbocycles. The van der Waals surface area contributed by atoms with Gasteiger partial charge in [0.25, 0.3) is 0 Å². The SMILES string of the molecule is CCC(C)Nc1nc(-c2cccnc2)nc2sc3c(c12)CCC3. The van der Waals surface area contributed by atoms with Gasteiger partial charge in [-0.1, -0.05) is 6.92 Å². The summed E-state index contributed by atoms with van der Waals surface area (Å²) >= 11 is 1.83. The molecule has 3 aromatic rings. The highest BCUT2D eigenvalue weighted by Gasteiger charge is 2.23. The van der Waals surface area contributed by atoms with Crippen molar-refractivity contribution in [1.29, 1.82) is 0 Å². The Morgan fingerprint density at radius 3 is 3.00 bits per heavy atom. The van der Waals surface area contributed by atoms with Crippen molar-refractivity contribution in [3.8, 4) is 11.4 Å². The van der Waals surface area contributed by atoms with Gasteiger partial charge in [0.05, 0.1) is 5.39 Å². The lowest BCUT2D eigenvalue weighted by Crippen LogP contribution is -2.15. The van der Waals surface area contributed by atoms with Crippen LogP contribution in [0, 0.1) is 0 Å². The van der Waals surface area contributed by atoms with Gasteiger partial charge in [0, 0.05) is 28.9 Å². The van der Waals surface area contributed by atoms with Crippen molar-refractivity contribution >= 4 is 27.4 Å². The maximum Gasteiger partial charge on any atom is 0.164 e. The summed E-state index contributed by atoms with van der Waals surface area (Å²) in [4.78, 5) is 16.5. The second-order valence-electron chi connectivity index (χ2n) is 6.13. The Morgan fingerprint density at radius 2 is 2.22 bits per heavy atom. The summed E-state index contributed by atoms with van der Waals surface area (Å²) in [7, 11) is 0. The van der Waals surface area contributed by atoms with Gasteiger partial charge in [-0.3, -0.25) is 4.98 Å². The van der Waals surface area contributed by atoms with Crippen LogP contribution in [0.1, 0.15) is 37.1 Å². The van der Waals surface area contributed by atoms with Gasteiger partial charge in [-0.2, -0.15) is 0 Å². The summed E-state index contributed by atoms with van der Waals surface area (Å²) in [6.07, 6.45) is 8.27. The smallest absolute Gasteiger partial charge is 0.164 e. The van der Waals surface area contributed by atoms with Crippen LogP contribution in [0.25, 0.3) is 21.6 Å². The summed E-state index contributed by atoms with van der Waals surface area (Å²) < 4.78 is 0. The fraction of sp³-hybridized carbons (Fsp3) is 0.389. The Morgan fingerprint density at radius 1 is 1.30 bits per heavy atom. The molecule has 23 heavy (non-hydrogen) atoms. The van der Waals surface area contributed by atoms with Crippen LogP contribution in [-0.2, 0) is 12.8 Å². The maximum absolute atomic E-state index is 4.85. The number of aromatic nitrogens is 3. The van der Waals surface area contributed by atoms with Gasteiger partial charge >= 0.3 is 0 Å². The number of anilines is 1. The van der Waals surface area contributed by atoms with Crippen LogP contribution in [0.4, 0.5) is 5.82 Å². The zero-order valence-corrected chi connectivity index (χ0v) is 14.3. The van der Waals surface area contributed by atoms with Crippen LogP contribution in [0.3, 0.4) is 0 Å². The zero-order chi connectivity index (χ0) is 15.8. The highest BCUT2D eigenvalue weighted by Crippen LogP contribution is 2.40. The number of nitrogens with one attached hydrogen (secondary N) is 1. The Bertz CT molecular complexity index is 841. The number of rotatable bonds is 4. The molecule has 3 aromatic heterocycles. The Labute approximate surface area is 140 Å². The van der Waals surface area contributed by atoms with Crippen LogP contribution in [0.15, 0.2) is 24.5 Å². The van der Waals surface area contributed by atoms with E-state index in [9.17, 15) is 0 Å². The maximum atomic E-state index is 4.85. The van der Waals surface area contributed by atoms with Gasteiger partial charge < -0.3 is 5.32 Å². The van der Waals surface area contributed by atoms with E-state index in [4.69, 9.17) is 9.97 Å². The quantitative estimate of drug-likeness (QED) is 0.770. The van der Waals surface area contributed by atoms with Crippen molar-refractivity contribution in [3.63, 3.8) is 0 Å². The number of aryl methyl sites for hydroxylation is 2. The Balaban J connectivity index is 1.91. The van der Waals surface area contributed by atoms with E-state index in [0.717, 1.165) is 34.9 Å². The number of fused-ring (bicyclic) bond motifs is 3. The minimum Gasteiger partial charge on any atom is -0.367 e. The molecule has 1 aliphatic rings. The lowest BCUT2D eigenvalue weighted by atomic mass is 10.1. The van der Waals surface area contributed by atoms with E-state index in [-0.39, 0.29) is 0 Å². The van der Waals surface area contributed by atoms with E-state index >= 15 is 0 Å². The van der Waals surface area contributed by atoms with Crippen molar-refractivity contribution in [3.05, 3.63) is 35.0 Å². The van der Waals surface area contributed by atoms with E-state index in [2.05, 4.69) is 24.1 Å². The van der Waals surface area contributed by atoms with Gasteiger partial charge in [-0.15, -0.1) is 11.3 Å². The molecule has 0 aliphatic heterocycles. The molecule has 1 aliphatic carbocycles. The first-order chi connectivity index (χ1) is 11.3. The monoisotopic (exact) mass is 324 g/mol. The summed E-state index contributed by atoms with van der Waals surface area (Å²) in [6, 6.07) is 4.34. The van der Waals surface area contributed by atoms with Gasteiger partial charge in [0.2, 0.25) is 0 Å². The summed E-state index contributed by atoms with van der Waals surface area (Å²) in [5.41, 5.74) is 2.43. The van der Waals surface area contributed by atoms with Crippen molar-refractivity contribution in [1.82, 2.24) is 15.0 Å². The fourth-order valence-electron chi connectivity index (χ4n) is 3.06. The molecule has 0 saturated heterocycles. The van der Waals surface area contributed by atoms with Crippen LogP contribution in [0.2, 0.25) is 0 Å². The van der Waals surface area contributed by atoms with Crippen molar-refractivity contribution in [2.45, 2.75) is 45.6 Å². The molecule has 0 aromatic carbocycles. The van der Waals surface area contributed by atoms with E-state index < -0.39 is 0 Å². The van der Waals surface area contributed by atoms with Gasteiger partial charge in [-0.25, -0.2) is 9.97 Å². The molecule has 1 N–H and O–H groups in total. The van der Waals surface area contributed by atoms with Crippen molar-refractivity contribution in [2.75, 3.05) is 5.32 Å². The molecule has 4 nitrogen and oxygen atoms in total. The first-order valence-corrected chi connectivity index (χ1v) is 9.07. The van der Waals surface area contributed by atoms with E-state index in [0.29, 0.717) is 6.04 Å². The minimum absolute atomic E-state index is 0.395. The lowest BCUT2D eigenvalue weighted by molar-refractivity contribution is 0.760. The van der Waals surface area contributed by atoms with Crippen LogP contribution < -0.4 is 5.32 Å². The minimum atomic E-state index is 0.395. The van der Waals surface area contributed by atoms with Crippen LogP contribution in [0.5, 0.6) is 0 Å². The number of thiophene rings is 1. The Kier molecular flexibility index (Phi) is 3.73. The molecular formula is C18H20N4S. The van der Waals surface area contributed by atoms with Crippen LogP contribution in [-0.4, -0.2) is 21.0 Å². The number of hydrogen-bond donors (Lipinski definition) is 1. The molecule has 0 spiro atoms. The third-order valence-electron chi connectivity index (χ3n) is 4.48. The fourth-order valence-corrected chi connectivity index (χ4v) is 4.32.